The normalized spacial score (nSPS) is 5.75. The van der Waals surface area contributed by atoms with Gasteiger partial charge in [-0.25, -0.2) is 0 Å². The third kappa shape index (κ3) is 36.3. The molecule has 0 fully saturated rings. The Hall–Kier alpha value is 0.340. The van der Waals surface area contributed by atoms with Gasteiger partial charge in [0.1, 0.15) is 0 Å². The van der Waals surface area contributed by atoms with E-state index < -0.39 is 3.73 Å². The molecule has 0 saturated carbocycles. The van der Waals surface area contributed by atoms with Gasteiger partial charge in [0.25, 0.3) is 0 Å². The minimum absolute atomic E-state index is 0.265. The van der Waals surface area contributed by atoms with Gasteiger partial charge in [-0.1, -0.05) is 0 Å². The second kappa shape index (κ2) is 1.64. The Morgan fingerprint density at radius 2 is 2.00 bits per heavy atom. The average Bonchev–Trinajstić information content (AvgIpc) is 0.811. The van der Waals surface area contributed by atoms with Crippen LogP contribution in [-0.2, 0) is 24.4 Å². The van der Waals surface area contributed by atoms with E-state index in [1.165, 1.54) is 0 Å². The van der Waals surface area contributed by atoms with Crippen LogP contribution >= 0.6 is 0 Å². The number of rotatable bonds is 0. The van der Waals surface area contributed by atoms with Crippen LogP contribution in [0.15, 0.2) is 0 Å². The van der Waals surface area contributed by atoms with E-state index in [1.54, 1.807) is 0 Å². The number of hydrogen-bond acceptors (Lipinski definition) is 1. The summed E-state index contributed by atoms with van der Waals surface area (Å²) in [6.45, 7) is 0. The van der Waals surface area contributed by atoms with E-state index in [4.69, 9.17) is 9.90 Å². The average molecular weight is 224 g/mol. The van der Waals surface area contributed by atoms with Gasteiger partial charge >= 0.3 is 38.0 Å². The molecular formula is CHHfO2. The fourth-order valence-corrected chi connectivity index (χ4v) is 0. The Labute approximate surface area is 38.4 Å². The van der Waals surface area contributed by atoms with Crippen molar-refractivity contribution in [2.45, 2.75) is 0 Å². The van der Waals surface area contributed by atoms with Crippen LogP contribution in [0.2, 0.25) is 0 Å². The van der Waals surface area contributed by atoms with Crippen LogP contribution in [0.5, 0.6) is 0 Å². The molecule has 0 amide bonds. The molecule has 0 aromatic carbocycles. The topological polar surface area (TPSA) is 37.3 Å². The van der Waals surface area contributed by atoms with Crippen LogP contribution in [0.25, 0.3) is 0 Å². The van der Waals surface area contributed by atoms with Crippen molar-refractivity contribution < 1.29 is 34.3 Å². The van der Waals surface area contributed by atoms with E-state index in [1.807, 2.05) is 0 Å². The summed E-state index contributed by atoms with van der Waals surface area (Å²) in [5, 5.41) is 7.48. The van der Waals surface area contributed by atoms with Gasteiger partial charge < -0.3 is 0 Å². The van der Waals surface area contributed by atoms with Crippen molar-refractivity contribution in [2.75, 3.05) is 0 Å². The Morgan fingerprint density at radius 3 is 2.00 bits per heavy atom. The van der Waals surface area contributed by atoms with Crippen LogP contribution < -0.4 is 0 Å². The molecule has 0 spiro atoms. The summed E-state index contributed by atoms with van der Waals surface area (Å²) < 4.78 is -0.694. The Bertz CT molecular complexity index is 29.0. The van der Waals surface area contributed by atoms with E-state index in [2.05, 4.69) is 0 Å². The minimum atomic E-state index is -0.694. The molecule has 1 N–H and O–H groups in total. The quantitative estimate of drug-likeness (QED) is 0.596. The summed E-state index contributed by atoms with van der Waals surface area (Å²) in [7, 11) is 0. The van der Waals surface area contributed by atoms with E-state index in [0.29, 0.717) is 0 Å². The predicted octanol–water partition coefficient (Wildman–Crippen LogP) is 0.211. The molecule has 0 aliphatic rings. The summed E-state index contributed by atoms with van der Waals surface area (Å²) in [4.78, 5) is 9.06. The first-order chi connectivity index (χ1) is 1.73. The Morgan fingerprint density at radius 1 is 2.00 bits per heavy atom. The molecule has 0 radical (unpaired) electrons. The van der Waals surface area contributed by atoms with Crippen LogP contribution in [0.3, 0.4) is 0 Å². The molecule has 0 rings (SSSR count). The third-order valence-electron chi connectivity index (χ3n) is 0. The zero-order valence-electron chi connectivity index (χ0n) is 1.86. The standard InChI is InChI=1S/CHO2.Hf/c2-1-3;/h(H,2,3);. The van der Waals surface area contributed by atoms with Crippen LogP contribution in [-0.4, -0.2) is 8.83 Å². The van der Waals surface area contributed by atoms with Gasteiger partial charge in [0.2, 0.25) is 0 Å². The second-order valence-electron chi connectivity index (χ2n) is 0.305. The van der Waals surface area contributed by atoms with Gasteiger partial charge in [0, 0.05) is 0 Å². The zero-order chi connectivity index (χ0) is 3.58. The number of carboxylic acid groups (broad SMARTS) is 1. The summed E-state index contributed by atoms with van der Waals surface area (Å²) in [5.74, 6) is 0. The molecule has 0 aliphatic heterocycles. The van der Waals surface area contributed by atoms with Crippen molar-refractivity contribution in [3.8, 4) is 0 Å². The third-order valence-corrected chi connectivity index (χ3v) is 0. The predicted molar refractivity (Wildman–Crippen MR) is 8.02 cm³/mol. The molecule has 0 aliphatic carbocycles. The molecule has 0 aromatic rings. The molecule has 0 aromatic heterocycles. The van der Waals surface area contributed by atoms with Crippen molar-refractivity contribution >= 4 is 3.73 Å². The second-order valence-corrected chi connectivity index (χ2v) is 1.84. The van der Waals surface area contributed by atoms with Gasteiger partial charge in [-0.2, -0.15) is 0 Å². The zero-order valence-corrected chi connectivity index (χ0v) is 5.45. The first-order valence-corrected chi connectivity index (χ1v) is 2.47. The Kier molecular flexibility index (Phi) is 1.78. The fraction of sp³-hybridized carbons (Fsp3) is 0. The maximum atomic E-state index is 9.06. The van der Waals surface area contributed by atoms with Crippen molar-refractivity contribution in [3.63, 3.8) is 0 Å². The summed E-state index contributed by atoms with van der Waals surface area (Å²) in [6, 6.07) is 0. The van der Waals surface area contributed by atoms with Crippen LogP contribution in [0, 0.1) is 0 Å². The monoisotopic (exact) mass is 225 g/mol. The molecule has 0 saturated heterocycles. The number of carbonyl (C=O) groups is 1. The van der Waals surface area contributed by atoms with E-state index in [0.717, 1.165) is 0 Å². The Balaban J connectivity index is 2.80. The van der Waals surface area contributed by atoms with Crippen molar-refractivity contribution in [2.24, 2.45) is 0 Å². The molecule has 4 heavy (non-hydrogen) atoms. The molecule has 0 heterocycles. The van der Waals surface area contributed by atoms with E-state index in [-0.39, 0.29) is 24.4 Å². The molecule has 0 bridgehead atoms. The van der Waals surface area contributed by atoms with Gasteiger partial charge in [-0.3, -0.25) is 0 Å². The summed E-state index contributed by atoms with van der Waals surface area (Å²) >= 11 is 0.265. The van der Waals surface area contributed by atoms with Gasteiger partial charge in [0.15, 0.2) is 0 Å². The van der Waals surface area contributed by atoms with Crippen molar-refractivity contribution in [3.05, 3.63) is 0 Å². The van der Waals surface area contributed by atoms with Gasteiger partial charge in [0.05, 0.1) is 0 Å². The van der Waals surface area contributed by atoms with E-state index in [9.17, 15) is 0 Å². The fourth-order valence-electron chi connectivity index (χ4n) is 0. The molecule has 0 unspecified atom stereocenters. The SMILES string of the molecule is O=[C](O)[Hf]. The first-order valence-electron chi connectivity index (χ1n) is 0.678. The van der Waals surface area contributed by atoms with Crippen LogP contribution in [0.4, 0.5) is 4.79 Å². The van der Waals surface area contributed by atoms with Crippen molar-refractivity contribution in [1.82, 2.24) is 0 Å². The van der Waals surface area contributed by atoms with Gasteiger partial charge in [-0.15, -0.1) is 0 Å². The molecule has 3 heteroatoms. The number of hydrogen-bond donors (Lipinski definition) is 1. The maximum absolute atomic E-state index is 9.06. The summed E-state index contributed by atoms with van der Waals surface area (Å²) in [6.07, 6.45) is 0. The molecule has 2 nitrogen and oxygen atoms in total. The first kappa shape index (κ1) is 4.34. The molecule has 21 valence electrons. The molecular weight excluding hydrogens is 222 g/mol. The van der Waals surface area contributed by atoms with Gasteiger partial charge in [-0.05, 0) is 0 Å². The summed E-state index contributed by atoms with van der Waals surface area (Å²) in [5.41, 5.74) is 0. The van der Waals surface area contributed by atoms with Crippen LogP contribution in [0.1, 0.15) is 0 Å². The van der Waals surface area contributed by atoms with Crippen molar-refractivity contribution in [1.29, 1.82) is 0 Å². The molecule has 0 atom stereocenters. The van der Waals surface area contributed by atoms with E-state index >= 15 is 0 Å².